The zero-order chi connectivity index (χ0) is 21.0. The second kappa shape index (κ2) is 8.43. The van der Waals surface area contributed by atoms with Gasteiger partial charge in [0.1, 0.15) is 11.4 Å². The van der Waals surface area contributed by atoms with Crippen molar-refractivity contribution >= 4 is 27.4 Å². The van der Waals surface area contributed by atoms with E-state index in [-0.39, 0.29) is 34.0 Å². The Labute approximate surface area is 166 Å². The van der Waals surface area contributed by atoms with Gasteiger partial charge in [0.05, 0.1) is 4.90 Å². The Hall–Kier alpha value is -3.21. The zero-order valence-corrected chi connectivity index (χ0v) is 16.4. The van der Waals surface area contributed by atoms with Crippen molar-refractivity contribution in [3.05, 3.63) is 48.2 Å². The Morgan fingerprint density at radius 3 is 2.41 bits per heavy atom. The highest BCUT2D eigenvalue weighted by Gasteiger charge is 2.14. The number of sulfone groups is 1. The van der Waals surface area contributed by atoms with Crippen LogP contribution in [0.1, 0.15) is 19.0 Å². The van der Waals surface area contributed by atoms with Crippen molar-refractivity contribution in [1.29, 1.82) is 0 Å². The maximum absolute atomic E-state index is 13.0. The van der Waals surface area contributed by atoms with Gasteiger partial charge in [-0.3, -0.25) is 0 Å². The lowest BCUT2D eigenvalue weighted by molar-refractivity contribution is 0.146. The molecule has 0 radical (unpaired) electrons. The van der Waals surface area contributed by atoms with Gasteiger partial charge in [0.25, 0.3) is 6.43 Å². The topological polar surface area (TPSA) is 110 Å². The van der Waals surface area contributed by atoms with Gasteiger partial charge in [-0.25, -0.2) is 22.2 Å². The molecule has 152 valence electrons. The summed E-state index contributed by atoms with van der Waals surface area (Å²) in [4.78, 5) is 16.7. The first-order chi connectivity index (χ1) is 13.8. The molecule has 0 unspecified atom stereocenters. The number of hydrogen-bond acceptors (Lipinski definition) is 8. The van der Waals surface area contributed by atoms with E-state index in [1.165, 1.54) is 30.3 Å². The number of alkyl halides is 2. The van der Waals surface area contributed by atoms with Crippen molar-refractivity contribution in [1.82, 2.24) is 19.9 Å². The fraction of sp³-hybridized carbons (Fsp3) is 0.222. The standard InChI is InChI=1S/C18H18F2N6O2S/c1-3-21-17-24-16(14-9-5-8-13(23-14)15(19)20)25-18(26-17)22-11-6-4-7-12(10-11)29(2,27)28/h4-10,15H,3H2,1-2H3,(H2,21,22,24,25,26). The van der Waals surface area contributed by atoms with Gasteiger partial charge in [0.15, 0.2) is 15.7 Å². The summed E-state index contributed by atoms with van der Waals surface area (Å²) in [7, 11) is -3.39. The molecule has 2 aromatic heterocycles. The first-order valence-electron chi connectivity index (χ1n) is 8.59. The monoisotopic (exact) mass is 420 g/mol. The number of halogens is 2. The Morgan fingerprint density at radius 2 is 1.72 bits per heavy atom. The molecule has 11 heteroatoms. The summed E-state index contributed by atoms with van der Waals surface area (Å²) >= 11 is 0. The minimum Gasteiger partial charge on any atom is -0.354 e. The van der Waals surface area contributed by atoms with Crippen LogP contribution >= 0.6 is 0 Å². The van der Waals surface area contributed by atoms with Crippen molar-refractivity contribution in [3.8, 4) is 11.5 Å². The molecule has 0 amide bonds. The van der Waals surface area contributed by atoms with Gasteiger partial charge in [-0.05, 0) is 37.3 Å². The molecule has 3 rings (SSSR count). The molecule has 0 saturated carbocycles. The van der Waals surface area contributed by atoms with Crippen LogP contribution in [0.15, 0.2) is 47.4 Å². The van der Waals surface area contributed by atoms with Gasteiger partial charge in [0, 0.05) is 18.5 Å². The number of nitrogens with one attached hydrogen (secondary N) is 2. The van der Waals surface area contributed by atoms with Gasteiger partial charge in [-0.15, -0.1) is 0 Å². The lowest BCUT2D eigenvalue weighted by Crippen LogP contribution is -2.08. The molecule has 0 aliphatic heterocycles. The predicted molar refractivity (Wildman–Crippen MR) is 105 cm³/mol. The number of aromatic nitrogens is 4. The van der Waals surface area contributed by atoms with E-state index in [1.807, 2.05) is 6.92 Å². The number of pyridine rings is 1. The molecule has 3 aromatic rings. The molecule has 0 aliphatic carbocycles. The molecule has 0 spiro atoms. The number of hydrogen-bond donors (Lipinski definition) is 2. The lowest BCUT2D eigenvalue weighted by Gasteiger charge is -2.10. The largest absolute Gasteiger partial charge is 0.354 e. The Kier molecular flexibility index (Phi) is 5.97. The summed E-state index contributed by atoms with van der Waals surface area (Å²) in [6.45, 7) is 2.37. The van der Waals surface area contributed by atoms with Crippen molar-refractivity contribution in [2.24, 2.45) is 0 Å². The van der Waals surface area contributed by atoms with Gasteiger partial charge < -0.3 is 10.6 Å². The SMILES string of the molecule is CCNc1nc(Nc2cccc(S(C)(=O)=O)c2)nc(-c2cccc(C(F)F)n2)n1. The molecule has 8 nitrogen and oxygen atoms in total. The summed E-state index contributed by atoms with van der Waals surface area (Å²) in [6.07, 6.45) is -1.61. The Balaban J connectivity index is 2.01. The quantitative estimate of drug-likeness (QED) is 0.598. The zero-order valence-electron chi connectivity index (χ0n) is 15.6. The third kappa shape index (κ3) is 5.19. The number of rotatable bonds is 7. The molecular formula is C18H18F2N6O2S. The van der Waals surface area contributed by atoms with Crippen LogP contribution in [0.25, 0.3) is 11.5 Å². The fourth-order valence-corrected chi connectivity index (χ4v) is 3.08. The summed E-state index contributed by atoms with van der Waals surface area (Å²) in [5.41, 5.74) is 0.224. The molecule has 2 heterocycles. The minimum absolute atomic E-state index is 0.0974. The lowest BCUT2D eigenvalue weighted by atomic mass is 10.3. The highest BCUT2D eigenvalue weighted by atomic mass is 32.2. The molecule has 0 bridgehead atoms. The number of benzene rings is 1. The van der Waals surface area contributed by atoms with Gasteiger partial charge in [0.2, 0.25) is 11.9 Å². The second-order valence-corrected chi connectivity index (χ2v) is 8.03. The highest BCUT2D eigenvalue weighted by molar-refractivity contribution is 7.90. The van der Waals surface area contributed by atoms with Gasteiger partial charge >= 0.3 is 0 Å². The first-order valence-corrected chi connectivity index (χ1v) is 10.5. The van der Waals surface area contributed by atoms with Crippen LogP contribution in [-0.2, 0) is 9.84 Å². The van der Waals surface area contributed by atoms with Crippen LogP contribution in [0, 0.1) is 0 Å². The van der Waals surface area contributed by atoms with Crippen LogP contribution < -0.4 is 10.6 Å². The Bertz CT molecular complexity index is 1120. The van der Waals surface area contributed by atoms with Crippen LogP contribution in [-0.4, -0.2) is 41.2 Å². The van der Waals surface area contributed by atoms with E-state index in [0.29, 0.717) is 12.2 Å². The van der Waals surface area contributed by atoms with Crippen molar-refractivity contribution in [2.45, 2.75) is 18.2 Å². The van der Waals surface area contributed by atoms with Crippen molar-refractivity contribution in [2.75, 3.05) is 23.4 Å². The molecule has 0 atom stereocenters. The van der Waals surface area contributed by atoms with Crippen LogP contribution in [0.2, 0.25) is 0 Å². The van der Waals surface area contributed by atoms with Crippen molar-refractivity contribution < 1.29 is 17.2 Å². The van der Waals surface area contributed by atoms with E-state index in [0.717, 1.165) is 6.26 Å². The Morgan fingerprint density at radius 1 is 1.00 bits per heavy atom. The van der Waals surface area contributed by atoms with Crippen LogP contribution in [0.4, 0.5) is 26.4 Å². The first kappa shape index (κ1) is 20.5. The van der Waals surface area contributed by atoms with Crippen LogP contribution in [0.3, 0.4) is 0 Å². The van der Waals surface area contributed by atoms with E-state index >= 15 is 0 Å². The summed E-state index contributed by atoms with van der Waals surface area (Å²) < 4.78 is 49.5. The average molecular weight is 420 g/mol. The smallest absolute Gasteiger partial charge is 0.280 e. The molecule has 0 saturated heterocycles. The van der Waals surface area contributed by atoms with E-state index in [4.69, 9.17) is 0 Å². The molecule has 1 aromatic carbocycles. The second-order valence-electron chi connectivity index (χ2n) is 6.01. The van der Waals surface area contributed by atoms with E-state index in [9.17, 15) is 17.2 Å². The normalized spacial score (nSPS) is 11.5. The third-order valence-electron chi connectivity index (χ3n) is 3.71. The molecule has 2 N–H and O–H groups in total. The number of anilines is 3. The van der Waals surface area contributed by atoms with Crippen molar-refractivity contribution in [3.63, 3.8) is 0 Å². The summed E-state index contributed by atoms with van der Waals surface area (Å²) in [5, 5.41) is 5.86. The molecule has 29 heavy (non-hydrogen) atoms. The average Bonchev–Trinajstić information content (AvgIpc) is 2.68. The van der Waals surface area contributed by atoms with E-state index in [1.54, 1.807) is 12.1 Å². The minimum atomic E-state index is -3.39. The van der Waals surface area contributed by atoms with Crippen LogP contribution in [0.5, 0.6) is 0 Å². The maximum Gasteiger partial charge on any atom is 0.280 e. The van der Waals surface area contributed by atoms with E-state index in [2.05, 4.69) is 30.6 Å². The summed E-state index contributed by atoms with van der Waals surface area (Å²) in [6, 6.07) is 10.3. The summed E-state index contributed by atoms with van der Waals surface area (Å²) in [5.74, 6) is 0.435. The van der Waals surface area contributed by atoms with Gasteiger partial charge in [-0.2, -0.15) is 15.0 Å². The van der Waals surface area contributed by atoms with E-state index < -0.39 is 16.3 Å². The predicted octanol–water partition coefficient (Wildman–Crippen LogP) is 3.45. The molecule has 0 fully saturated rings. The third-order valence-corrected chi connectivity index (χ3v) is 4.82. The maximum atomic E-state index is 13.0. The van der Waals surface area contributed by atoms with Gasteiger partial charge in [-0.1, -0.05) is 12.1 Å². The molecular weight excluding hydrogens is 402 g/mol. The number of nitrogens with zero attached hydrogens (tertiary/aromatic N) is 4. The fourth-order valence-electron chi connectivity index (χ4n) is 2.41. The molecule has 0 aliphatic rings. The highest BCUT2D eigenvalue weighted by Crippen LogP contribution is 2.23.